The number of hydrogen-bond acceptors (Lipinski definition) is 5. The van der Waals surface area contributed by atoms with E-state index in [0.717, 1.165) is 43.0 Å². The van der Waals surface area contributed by atoms with Gasteiger partial charge in [-0.15, -0.1) is 11.3 Å². The van der Waals surface area contributed by atoms with Crippen LogP contribution in [0.25, 0.3) is 0 Å². The van der Waals surface area contributed by atoms with Crippen LogP contribution in [0.5, 0.6) is 0 Å². The second-order valence-corrected chi connectivity index (χ2v) is 10.5. The monoisotopic (exact) mass is 439 g/mol. The predicted molar refractivity (Wildman–Crippen MR) is 112 cm³/mol. The molecule has 3 heterocycles. The summed E-state index contributed by atoms with van der Waals surface area (Å²) in [6.45, 7) is 3.57. The van der Waals surface area contributed by atoms with Gasteiger partial charge >= 0.3 is 0 Å². The van der Waals surface area contributed by atoms with E-state index < -0.39 is 10.0 Å². The molecule has 6 nitrogen and oxygen atoms in total. The van der Waals surface area contributed by atoms with Crippen molar-refractivity contribution in [1.82, 2.24) is 9.21 Å². The number of hydrogen-bond donors (Lipinski definition) is 0. The molecular formula is C19H22ClN3O3S2. The Morgan fingerprint density at radius 1 is 0.964 bits per heavy atom. The molecule has 1 aromatic carbocycles. The van der Waals surface area contributed by atoms with Crippen LogP contribution in [0.2, 0.25) is 5.02 Å². The van der Waals surface area contributed by atoms with Crippen molar-refractivity contribution in [2.45, 2.75) is 17.1 Å². The van der Waals surface area contributed by atoms with Crippen molar-refractivity contribution < 1.29 is 13.2 Å². The molecule has 2 aromatic rings. The van der Waals surface area contributed by atoms with Gasteiger partial charge in [-0.2, -0.15) is 4.31 Å². The number of sulfonamides is 1. The van der Waals surface area contributed by atoms with Gasteiger partial charge in [0.15, 0.2) is 0 Å². The topological polar surface area (TPSA) is 60.9 Å². The highest BCUT2D eigenvalue weighted by Gasteiger charge is 2.31. The van der Waals surface area contributed by atoms with Crippen LogP contribution in [-0.2, 0) is 10.0 Å². The number of anilines is 1. The Hall–Kier alpha value is -1.61. The average molecular weight is 440 g/mol. The van der Waals surface area contributed by atoms with Gasteiger partial charge in [-0.25, -0.2) is 8.42 Å². The number of amides is 1. The number of nitrogens with zero attached hydrogens (tertiary/aromatic N) is 3. The van der Waals surface area contributed by atoms with E-state index in [9.17, 15) is 13.2 Å². The standard InChI is InChI=1S/C19H22ClN3O3S2/c20-16-3-5-17(6-4-16)21-9-11-23(12-10-21)28(25,26)18-13-15(14-27-18)19(24)22-7-1-2-8-22/h3-6,13-14H,1-2,7-12H2. The lowest BCUT2D eigenvalue weighted by molar-refractivity contribution is 0.0793. The number of likely N-dealkylation sites (tertiary alicyclic amines) is 1. The molecule has 0 radical (unpaired) electrons. The van der Waals surface area contributed by atoms with Crippen molar-refractivity contribution in [3.63, 3.8) is 0 Å². The van der Waals surface area contributed by atoms with E-state index in [2.05, 4.69) is 4.90 Å². The number of halogens is 1. The lowest BCUT2D eigenvalue weighted by Gasteiger charge is -2.35. The summed E-state index contributed by atoms with van der Waals surface area (Å²) < 4.78 is 27.8. The largest absolute Gasteiger partial charge is 0.369 e. The van der Waals surface area contributed by atoms with Crippen LogP contribution < -0.4 is 4.90 Å². The minimum Gasteiger partial charge on any atom is -0.369 e. The minimum atomic E-state index is -3.58. The van der Waals surface area contributed by atoms with E-state index >= 15 is 0 Å². The van der Waals surface area contributed by atoms with Crippen molar-refractivity contribution in [3.8, 4) is 0 Å². The molecule has 1 aromatic heterocycles. The van der Waals surface area contributed by atoms with Gasteiger partial charge in [-0.05, 0) is 43.2 Å². The highest BCUT2D eigenvalue weighted by molar-refractivity contribution is 7.91. The molecule has 0 saturated carbocycles. The van der Waals surface area contributed by atoms with Gasteiger partial charge < -0.3 is 9.80 Å². The maximum atomic E-state index is 13.0. The Morgan fingerprint density at radius 2 is 1.61 bits per heavy atom. The molecule has 0 N–H and O–H groups in total. The van der Waals surface area contributed by atoms with E-state index in [-0.39, 0.29) is 10.1 Å². The summed E-state index contributed by atoms with van der Waals surface area (Å²) in [5, 5.41) is 2.35. The second-order valence-electron chi connectivity index (χ2n) is 7.02. The van der Waals surface area contributed by atoms with E-state index in [4.69, 9.17) is 11.6 Å². The van der Waals surface area contributed by atoms with Gasteiger partial charge in [0, 0.05) is 55.4 Å². The summed E-state index contributed by atoms with van der Waals surface area (Å²) in [5.74, 6) is -0.0669. The summed E-state index contributed by atoms with van der Waals surface area (Å²) in [7, 11) is -3.58. The van der Waals surface area contributed by atoms with E-state index in [0.29, 0.717) is 36.8 Å². The third-order valence-electron chi connectivity index (χ3n) is 5.24. The normalized spacial score (nSPS) is 18.6. The van der Waals surface area contributed by atoms with Crippen molar-refractivity contribution >= 4 is 44.6 Å². The zero-order valence-corrected chi connectivity index (χ0v) is 17.8. The van der Waals surface area contributed by atoms with E-state index in [1.807, 2.05) is 24.3 Å². The molecule has 0 unspecified atom stereocenters. The summed E-state index contributed by atoms with van der Waals surface area (Å²) in [6.07, 6.45) is 2.03. The van der Waals surface area contributed by atoms with Gasteiger partial charge in [0.1, 0.15) is 4.21 Å². The lowest BCUT2D eigenvalue weighted by Crippen LogP contribution is -2.48. The van der Waals surface area contributed by atoms with Crippen molar-refractivity contribution in [3.05, 3.63) is 46.3 Å². The Morgan fingerprint density at radius 3 is 2.25 bits per heavy atom. The van der Waals surface area contributed by atoms with Gasteiger partial charge in [-0.1, -0.05) is 11.6 Å². The summed E-state index contributed by atoms with van der Waals surface area (Å²) in [4.78, 5) is 16.4. The zero-order valence-electron chi connectivity index (χ0n) is 15.4. The Balaban J connectivity index is 1.43. The molecule has 0 aliphatic carbocycles. The molecule has 0 spiro atoms. The van der Waals surface area contributed by atoms with Crippen LogP contribution in [0.1, 0.15) is 23.2 Å². The van der Waals surface area contributed by atoms with Crippen LogP contribution in [0.4, 0.5) is 5.69 Å². The molecular weight excluding hydrogens is 418 g/mol. The third-order valence-corrected chi connectivity index (χ3v) is 8.81. The van der Waals surface area contributed by atoms with Crippen LogP contribution in [0.15, 0.2) is 39.9 Å². The van der Waals surface area contributed by atoms with Crippen LogP contribution in [0.3, 0.4) is 0 Å². The van der Waals surface area contributed by atoms with Crippen molar-refractivity contribution in [1.29, 1.82) is 0 Å². The SMILES string of the molecule is O=C(c1csc(S(=O)(=O)N2CCN(c3ccc(Cl)cc3)CC2)c1)N1CCCC1. The predicted octanol–water partition coefficient (Wildman–Crippen LogP) is 3.15. The molecule has 0 bridgehead atoms. The molecule has 2 aliphatic heterocycles. The second kappa shape index (κ2) is 8.02. The summed E-state index contributed by atoms with van der Waals surface area (Å²) in [6, 6.07) is 9.10. The highest BCUT2D eigenvalue weighted by atomic mass is 35.5. The van der Waals surface area contributed by atoms with Crippen LogP contribution >= 0.6 is 22.9 Å². The van der Waals surface area contributed by atoms with Crippen molar-refractivity contribution in [2.24, 2.45) is 0 Å². The van der Waals surface area contributed by atoms with Crippen molar-refractivity contribution in [2.75, 3.05) is 44.2 Å². The molecule has 28 heavy (non-hydrogen) atoms. The first-order valence-corrected chi connectivity index (χ1v) is 12.0. The fraction of sp³-hybridized carbons (Fsp3) is 0.421. The lowest BCUT2D eigenvalue weighted by atomic mass is 10.2. The number of carbonyl (C=O) groups excluding carboxylic acids is 1. The third kappa shape index (κ3) is 3.91. The quantitative estimate of drug-likeness (QED) is 0.734. The zero-order chi connectivity index (χ0) is 19.7. The van der Waals surface area contributed by atoms with Crippen LogP contribution in [0, 0.1) is 0 Å². The summed E-state index contributed by atoms with van der Waals surface area (Å²) >= 11 is 7.07. The molecule has 1 amide bonds. The number of carbonyl (C=O) groups is 1. The highest BCUT2D eigenvalue weighted by Crippen LogP contribution is 2.27. The Kier molecular flexibility index (Phi) is 5.64. The van der Waals surface area contributed by atoms with E-state index in [1.165, 1.54) is 10.4 Å². The fourth-order valence-corrected chi connectivity index (χ4v) is 6.49. The van der Waals surface area contributed by atoms with E-state index in [1.54, 1.807) is 10.3 Å². The molecule has 4 rings (SSSR count). The van der Waals surface area contributed by atoms with Gasteiger partial charge in [0.25, 0.3) is 15.9 Å². The number of thiophene rings is 1. The molecule has 2 fully saturated rings. The van der Waals surface area contributed by atoms with Gasteiger partial charge in [0.2, 0.25) is 0 Å². The first-order valence-electron chi connectivity index (χ1n) is 9.33. The summed E-state index contributed by atoms with van der Waals surface area (Å²) in [5.41, 5.74) is 1.52. The fourth-order valence-electron chi connectivity index (χ4n) is 3.63. The molecule has 0 atom stereocenters. The number of benzene rings is 1. The molecule has 9 heteroatoms. The number of rotatable bonds is 4. The maximum absolute atomic E-state index is 13.0. The minimum absolute atomic E-state index is 0.0669. The van der Waals surface area contributed by atoms with Crippen LogP contribution in [-0.4, -0.2) is 62.8 Å². The maximum Gasteiger partial charge on any atom is 0.254 e. The Bertz CT molecular complexity index is 945. The molecule has 2 saturated heterocycles. The van der Waals surface area contributed by atoms with Gasteiger partial charge in [-0.3, -0.25) is 4.79 Å². The average Bonchev–Trinajstić information content (AvgIpc) is 3.41. The first-order chi connectivity index (χ1) is 13.4. The molecule has 150 valence electrons. The molecule has 2 aliphatic rings. The first kappa shape index (κ1) is 19.7. The smallest absolute Gasteiger partial charge is 0.254 e. The Labute approximate surface area is 174 Å². The van der Waals surface area contributed by atoms with Gasteiger partial charge in [0.05, 0.1) is 5.56 Å². The number of piperazine rings is 1.